The number of rotatable bonds is 5. The van der Waals surface area contributed by atoms with E-state index in [0.29, 0.717) is 11.0 Å². The van der Waals surface area contributed by atoms with Crippen LogP contribution >= 0.6 is 11.8 Å². The summed E-state index contributed by atoms with van der Waals surface area (Å²) in [5.74, 6) is 6.93. The van der Waals surface area contributed by atoms with Gasteiger partial charge in [-0.05, 0) is 32.2 Å². The van der Waals surface area contributed by atoms with Gasteiger partial charge in [-0.25, -0.2) is 15.8 Å². The number of hydrogen-bond acceptors (Lipinski definition) is 6. The van der Waals surface area contributed by atoms with Gasteiger partial charge >= 0.3 is 0 Å². The Labute approximate surface area is 123 Å². The average molecular weight is 289 g/mol. The lowest BCUT2D eigenvalue weighted by molar-refractivity contribution is 0.909. The molecule has 0 saturated heterocycles. The summed E-state index contributed by atoms with van der Waals surface area (Å²) in [5, 5.41) is 0.695. The number of aromatic nitrogens is 2. The minimum absolute atomic E-state index is 0.616. The Morgan fingerprint density at radius 3 is 2.50 bits per heavy atom. The zero-order valence-electron chi connectivity index (χ0n) is 11.9. The Morgan fingerprint density at radius 2 is 1.95 bits per heavy atom. The van der Waals surface area contributed by atoms with Crippen LogP contribution in [0, 0.1) is 6.92 Å². The van der Waals surface area contributed by atoms with Crippen LogP contribution in [-0.2, 0) is 0 Å². The standard InChI is InChI=1S/C14H19N5S/c1-4-19(11-7-5-10(2)6-8-11)13-9-12(18-15)16-14(17-13)20-3/h5-9H,4,15H2,1-3H3,(H,16,17,18). The highest BCUT2D eigenvalue weighted by atomic mass is 32.2. The van der Waals surface area contributed by atoms with Gasteiger partial charge in [0.05, 0.1) is 0 Å². The van der Waals surface area contributed by atoms with Gasteiger partial charge in [0.15, 0.2) is 5.16 Å². The molecule has 0 atom stereocenters. The van der Waals surface area contributed by atoms with Crippen LogP contribution in [0.3, 0.4) is 0 Å². The van der Waals surface area contributed by atoms with E-state index in [2.05, 4.69) is 58.4 Å². The summed E-state index contributed by atoms with van der Waals surface area (Å²) in [6, 6.07) is 10.2. The van der Waals surface area contributed by atoms with Crippen molar-refractivity contribution in [1.29, 1.82) is 0 Å². The molecule has 1 aromatic heterocycles. The summed E-state index contributed by atoms with van der Waals surface area (Å²) in [6.07, 6.45) is 1.95. The third-order valence-corrected chi connectivity index (χ3v) is 3.51. The van der Waals surface area contributed by atoms with Crippen molar-refractivity contribution in [2.75, 3.05) is 23.1 Å². The molecule has 0 spiro atoms. The Hall–Kier alpha value is -1.79. The van der Waals surface area contributed by atoms with Crippen molar-refractivity contribution >= 4 is 29.1 Å². The van der Waals surface area contributed by atoms with Crippen LogP contribution in [-0.4, -0.2) is 22.8 Å². The van der Waals surface area contributed by atoms with E-state index < -0.39 is 0 Å². The van der Waals surface area contributed by atoms with Crippen LogP contribution in [0.1, 0.15) is 12.5 Å². The first-order chi connectivity index (χ1) is 9.67. The summed E-state index contributed by atoms with van der Waals surface area (Å²) in [4.78, 5) is 11.0. The number of nitrogen functional groups attached to an aromatic ring is 1. The van der Waals surface area contributed by atoms with E-state index >= 15 is 0 Å². The molecule has 1 heterocycles. The van der Waals surface area contributed by atoms with Crippen LogP contribution in [0.4, 0.5) is 17.3 Å². The molecule has 2 rings (SSSR count). The Kier molecular flexibility index (Phi) is 4.81. The smallest absolute Gasteiger partial charge is 0.191 e. The molecule has 0 unspecified atom stereocenters. The number of nitrogens with two attached hydrogens (primary N) is 1. The third kappa shape index (κ3) is 3.20. The maximum atomic E-state index is 5.47. The molecular weight excluding hydrogens is 270 g/mol. The van der Waals surface area contributed by atoms with Gasteiger partial charge in [-0.15, -0.1) is 0 Å². The van der Waals surface area contributed by atoms with E-state index in [1.165, 1.54) is 17.3 Å². The summed E-state index contributed by atoms with van der Waals surface area (Å²) in [7, 11) is 0. The number of hydrazine groups is 1. The lowest BCUT2D eigenvalue weighted by atomic mass is 10.2. The number of thioether (sulfide) groups is 1. The molecular formula is C14H19N5S. The van der Waals surface area contributed by atoms with Gasteiger partial charge < -0.3 is 10.3 Å². The minimum Gasteiger partial charge on any atom is -0.326 e. The summed E-state index contributed by atoms with van der Waals surface area (Å²) in [6.45, 7) is 4.99. The van der Waals surface area contributed by atoms with Crippen LogP contribution in [0.25, 0.3) is 0 Å². The highest BCUT2D eigenvalue weighted by Crippen LogP contribution is 2.26. The lowest BCUT2D eigenvalue weighted by Crippen LogP contribution is -2.19. The summed E-state index contributed by atoms with van der Waals surface area (Å²) < 4.78 is 0. The molecule has 5 nitrogen and oxygen atoms in total. The monoisotopic (exact) mass is 289 g/mol. The van der Waals surface area contributed by atoms with Crippen molar-refractivity contribution in [2.45, 2.75) is 19.0 Å². The molecule has 3 N–H and O–H groups in total. The average Bonchev–Trinajstić information content (AvgIpc) is 2.49. The first kappa shape index (κ1) is 14.6. The normalized spacial score (nSPS) is 10.4. The lowest BCUT2D eigenvalue weighted by Gasteiger charge is -2.23. The molecule has 0 aliphatic rings. The highest BCUT2D eigenvalue weighted by molar-refractivity contribution is 7.98. The minimum atomic E-state index is 0.616. The zero-order valence-corrected chi connectivity index (χ0v) is 12.7. The van der Waals surface area contributed by atoms with Gasteiger partial charge in [-0.3, -0.25) is 0 Å². The molecule has 1 aromatic carbocycles. The molecule has 0 aliphatic carbocycles. The summed E-state index contributed by atoms with van der Waals surface area (Å²) >= 11 is 1.49. The molecule has 0 amide bonds. The zero-order chi connectivity index (χ0) is 14.5. The van der Waals surface area contributed by atoms with Crippen LogP contribution < -0.4 is 16.2 Å². The first-order valence-electron chi connectivity index (χ1n) is 6.41. The molecule has 6 heteroatoms. The Morgan fingerprint density at radius 1 is 1.25 bits per heavy atom. The van der Waals surface area contributed by atoms with Gasteiger partial charge in [0.2, 0.25) is 0 Å². The topological polar surface area (TPSA) is 67.1 Å². The largest absolute Gasteiger partial charge is 0.326 e. The van der Waals surface area contributed by atoms with Crippen molar-refractivity contribution in [3.63, 3.8) is 0 Å². The third-order valence-electron chi connectivity index (χ3n) is 2.96. The summed E-state index contributed by atoms with van der Waals surface area (Å²) in [5.41, 5.74) is 4.93. The molecule has 0 aliphatic heterocycles. The quantitative estimate of drug-likeness (QED) is 0.382. The fourth-order valence-electron chi connectivity index (χ4n) is 1.92. The highest BCUT2D eigenvalue weighted by Gasteiger charge is 2.11. The van der Waals surface area contributed by atoms with E-state index in [9.17, 15) is 0 Å². The van der Waals surface area contributed by atoms with Crippen LogP contribution in [0.5, 0.6) is 0 Å². The second kappa shape index (κ2) is 6.58. The van der Waals surface area contributed by atoms with Crippen molar-refractivity contribution in [1.82, 2.24) is 9.97 Å². The van der Waals surface area contributed by atoms with E-state index in [1.807, 2.05) is 12.3 Å². The van der Waals surface area contributed by atoms with E-state index in [0.717, 1.165) is 18.1 Å². The second-order valence-corrected chi connectivity index (χ2v) is 5.10. The van der Waals surface area contributed by atoms with Gasteiger partial charge in [0, 0.05) is 18.3 Å². The van der Waals surface area contributed by atoms with Crippen molar-refractivity contribution in [3.8, 4) is 0 Å². The fourth-order valence-corrected chi connectivity index (χ4v) is 2.29. The van der Waals surface area contributed by atoms with Gasteiger partial charge in [0.1, 0.15) is 11.6 Å². The number of aryl methyl sites for hydroxylation is 1. The molecule has 0 bridgehead atoms. The first-order valence-corrected chi connectivity index (χ1v) is 7.64. The SMILES string of the molecule is CCN(c1ccc(C)cc1)c1cc(NN)nc(SC)n1. The molecule has 0 radical (unpaired) electrons. The van der Waals surface area contributed by atoms with Crippen molar-refractivity contribution in [2.24, 2.45) is 5.84 Å². The van der Waals surface area contributed by atoms with E-state index in [-0.39, 0.29) is 0 Å². The van der Waals surface area contributed by atoms with Gasteiger partial charge in [-0.2, -0.15) is 0 Å². The predicted octanol–water partition coefficient (Wildman–Crippen LogP) is 2.95. The predicted molar refractivity (Wildman–Crippen MR) is 85.5 cm³/mol. The van der Waals surface area contributed by atoms with E-state index in [4.69, 9.17) is 5.84 Å². The van der Waals surface area contributed by atoms with Crippen LogP contribution in [0.15, 0.2) is 35.5 Å². The second-order valence-electron chi connectivity index (χ2n) is 4.32. The molecule has 2 aromatic rings. The molecule has 20 heavy (non-hydrogen) atoms. The van der Waals surface area contributed by atoms with Crippen LogP contribution in [0.2, 0.25) is 0 Å². The maximum absolute atomic E-state index is 5.47. The fraction of sp³-hybridized carbons (Fsp3) is 0.286. The van der Waals surface area contributed by atoms with Gasteiger partial charge in [0.25, 0.3) is 0 Å². The Bertz CT molecular complexity index is 548. The molecule has 106 valence electrons. The van der Waals surface area contributed by atoms with Crippen molar-refractivity contribution < 1.29 is 0 Å². The number of hydrogen-bond donors (Lipinski definition) is 2. The number of benzene rings is 1. The molecule has 0 saturated carbocycles. The Balaban J connectivity index is 2.42. The molecule has 0 fully saturated rings. The number of anilines is 3. The number of nitrogens with one attached hydrogen (secondary N) is 1. The van der Waals surface area contributed by atoms with Crippen molar-refractivity contribution in [3.05, 3.63) is 35.9 Å². The number of nitrogens with zero attached hydrogens (tertiary/aromatic N) is 3. The maximum Gasteiger partial charge on any atom is 0.191 e. The van der Waals surface area contributed by atoms with Gasteiger partial charge in [-0.1, -0.05) is 29.5 Å². The van der Waals surface area contributed by atoms with E-state index in [1.54, 1.807) is 0 Å².